The van der Waals surface area contributed by atoms with Gasteiger partial charge in [-0.3, -0.25) is 0 Å². The van der Waals surface area contributed by atoms with E-state index in [2.05, 4.69) is 6.92 Å². The molecule has 1 saturated heterocycles. The van der Waals surface area contributed by atoms with Gasteiger partial charge in [0.1, 0.15) is 0 Å². The van der Waals surface area contributed by atoms with Gasteiger partial charge in [-0.25, -0.2) is 0 Å². The van der Waals surface area contributed by atoms with Gasteiger partial charge >= 0.3 is 0 Å². The zero-order chi connectivity index (χ0) is 27.9. The molecular weight excluding hydrogens is 506 g/mol. The molecule has 4 fully saturated rings. The average molecular weight is 561 g/mol. The summed E-state index contributed by atoms with van der Waals surface area (Å²) in [4.78, 5) is 0. The minimum Gasteiger partial charge on any atom is -0.491 e. The molecule has 0 radical (unpaired) electrons. The Balaban J connectivity index is 0.978. The van der Waals surface area contributed by atoms with Crippen molar-refractivity contribution in [2.45, 2.75) is 123 Å². The molecule has 2 atom stereocenters. The minimum absolute atomic E-state index is 0.00277. The number of benzene rings is 1. The maximum atomic E-state index is 14.4. The quantitative estimate of drug-likeness (QED) is 0.285. The molecule has 0 amide bonds. The molecule has 0 bridgehead atoms. The molecule has 0 spiro atoms. The van der Waals surface area contributed by atoms with Crippen LogP contribution in [0.25, 0.3) is 0 Å². The molecule has 226 valence electrons. The van der Waals surface area contributed by atoms with E-state index >= 15 is 0 Å². The number of ether oxygens (including phenoxy) is 3. The second kappa shape index (κ2) is 14.7. The summed E-state index contributed by atoms with van der Waals surface area (Å²) >= 11 is 0. The molecule has 5 heteroatoms. The summed E-state index contributed by atoms with van der Waals surface area (Å²) in [5.74, 6) is 3.65. The lowest BCUT2D eigenvalue weighted by Crippen LogP contribution is -2.38. The Hall–Kier alpha value is -1.36. The average Bonchev–Trinajstić information content (AvgIpc) is 3.00. The van der Waals surface area contributed by atoms with Gasteiger partial charge in [0.25, 0.3) is 0 Å². The standard InChI is InChI=1S/C35H54F2O3/c1-3-5-24-6-10-28(11-7-24)30-18-19-31(40-23-30)29-16-14-27(15-17-29)26-12-8-25(9-13-26)22-39-33-21-20-32(38-4-2)34(36)35(33)37/h20-21,24-31H,3-19,22-23H2,1-2H3. The highest BCUT2D eigenvalue weighted by Gasteiger charge is 2.37. The highest BCUT2D eigenvalue weighted by atomic mass is 19.2. The van der Waals surface area contributed by atoms with Crippen LogP contribution < -0.4 is 9.47 Å². The van der Waals surface area contributed by atoms with Gasteiger partial charge in [-0.1, -0.05) is 32.6 Å². The van der Waals surface area contributed by atoms with E-state index in [0.29, 0.717) is 25.2 Å². The Morgan fingerprint density at radius 2 is 1.12 bits per heavy atom. The lowest BCUT2D eigenvalue weighted by molar-refractivity contribution is -0.0758. The number of halogens is 2. The summed E-state index contributed by atoms with van der Waals surface area (Å²) in [6.45, 7) is 5.87. The van der Waals surface area contributed by atoms with Crippen LogP contribution in [0.2, 0.25) is 0 Å². The van der Waals surface area contributed by atoms with E-state index in [0.717, 1.165) is 55.0 Å². The van der Waals surface area contributed by atoms with E-state index in [-0.39, 0.29) is 11.5 Å². The molecule has 0 aromatic heterocycles. The van der Waals surface area contributed by atoms with Gasteiger partial charge in [-0.15, -0.1) is 0 Å². The van der Waals surface area contributed by atoms with Gasteiger partial charge < -0.3 is 14.2 Å². The van der Waals surface area contributed by atoms with Crippen molar-refractivity contribution >= 4 is 0 Å². The molecule has 4 aliphatic rings. The largest absolute Gasteiger partial charge is 0.491 e. The van der Waals surface area contributed by atoms with Crippen molar-refractivity contribution in [1.29, 1.82) is 0 Å². The Bertz CT molecular complexity index is 890. The van der Waals surface area contributed by atoms with Crippen LogP contribution in [-0.4, -0.2) is 25.9 Å². The Kier molecular flexibility index (Phi) is 11.1. The SMILES string of the molecule is CCCC1CCC(C2CCC(C3CCC(C4CCC(COc5ccc(OCC)c(F)c5F)CC4)CC3)OC2)CC1. The summed E-state index contributed by atoms with van der Waals surface area (Å²) in [7, 11) is 0. The Labute approximate surface area is 242 Å². The summed E-state index contributed by atoms with van der Waals surface area (Å²) in [6, 6.07) is 2.95. The molecule has 1 aromatic rings. The first-order chi connectivity index (χ1) is 19.6. The molecule has 3 aliphatic carbocycles. The highest BCUT2D eigenvalue weighted by Crippen LogP contribution is 2.45. The second-order valence-corrected chi connectivity index (χ2v) is 13.7. The minimum atomic E-state index is -0.957. The predicted octanol–water partition coefficient (Wildman–Crippen LogP) is 9.76. The maximum Gasteiger partial charge on any atom is 0.204 e. The smallest absolute Gasteiger partial charge is 0.204 e. The molecule has 1 heterocycles. The van der Waals surface area contributed by atoms with Crippen molar-refractivity contribution in [3.8, 4) is 11.5 Å². The van der Waals surface area contributed by atoms with Gasteiger partial charge in [0.15, 0.2) is 11.5 Å². The fourth-order valence-corrected chi connectivity index (χ4v) is 8.81. The Morgan fingerprint density at radius 3 is 1.68 bits per heavy atom. The summed E-state index contributed by atoms with van der Waals surface area (Å²) in [6.07, 6.45) is 21.9. The van der Waals surface area contributed by atoms with E-state index in [4.69, 9.17) is 14.2 Å². The third kappa shape index (κ3) is 7.53. The first-order valence-corrected chi connectivity index (χ1v) is 16.9. The van der Waals surface area contributed by atoms with Gasteiger partial charge in [0.05, 0.1) is 25.9 Å². The number of rotatable bonds is 10. The fraction of sp³-hybridized carbons (Fsp3) is 0.829. The second-order valence-electron chi connectivity index (χ2n) is 13.7. The Morgan fingerprint density at radius 1 is 0.625 bits per heavy atom. The molecule has 1 aliphatic heterocycles. The third-order valence-corrected chi connectivity index (χ3v) is 11.3. The van der Waals surface area contributed by atoms with Crippen LogP contribution >= 0.6 is 0 Å². The van der Waals surface area contributed by atoms with Crippen LogP contribution in [0.5, 0.6) is 11.5 Å². The number of hydrogen-bond donors (Lipinski definition) is 0. The first-order valence-electron chi connectivity index (χ1n) is 16.9. The van der Waals surface area contributed by atoms with Gasteiger partial charge in [-0.2, -0.15) is 8.78 Å². The summed E-state index contributed by atoms with van der Waals surface area (Å²) < 4.78 is 46.0. The van der Waals surface area contributed by atoms with Gasteiger partial charge in [0, 0.05) is 0 Å². The molecule has 0 N–H and O–H groups in total. The monoisotopic (exact) mass is 560 g/mol. The highest BCUT2D eigenvalue weighted by molar-refractivity contribution is 5.35. The van der Waals surface area contributed by atoms with E-state index in [1.165, 1.54) is 102 Å². The van der Waals surface area contributed by atoms with Crippen molar-refractivity contribution in [3.05, 3.63) is 23.8 Å². The topological polar surface area (TPSA) is 27.7 Å². The lowest BCUT2D eigenvalue weighted by atomic mass is 9.67. The molecular formula is C35H54F2O3. The molecule has 40 heavy (non-hydrogen) atoms. The van der Waals surface area contributed by atoms with Crippen molar-refractivity contribution < 1.29 is 23.0 Å². The van der Waals surface area contributed by atoms with Crippen molar-refractivity contribution in [2.24, 2.45) is 41.4 Å². The molecule has 2 unspecified atom stereocenters. The molecule has 1 aromatic carbocycles. The summed E-state index contributed by atoms with van der Waals surface area (Å²) in [5.41, 5.74) is 0. The van der Waals surface area contributed by atoms with Gasteiger partial charge in [-0.05, 0) is 138 Å². The van der Waals surface area contributed by atoms with E-state index in [1.54, 1.807) is 6.92 Å². The predicted molar refractivity (Wildman–Crippen MR) is 157 cm³/mol. The third-order valence-electron chi connectivity index (χ3n) is 11.3. The molecule has 3 nitrogen and oxygen atoms in total. The lowest BCUT2D eigenvalue weighted by Gasteiger charge is -2.43. The van der Waals surface area contributed by atoms with Crippen molar-refractivity contribution in [3.63, 3.8) is 0 Å². The van der Waals surface area contributed by atoms with Gasteiger partial charge in [0.2, 0.25) is 11.6 Å². The van der Waals surface area contributed by atoms with Crippen LogP contribution in [0.4, 0.5) is 8.78 Å². The molecule has 3 saturated carbocycles. The normalized spacial score (nSPS) is 35.3. The van der Waals surface area contributed by atoms with Crippen LogP contribution in [-0.2, 0) is 4.74 Å². The van der Waals surface area contributed by atoms with Crippen LogP contribution in [0, 0.1) is 53.1 Å². The van der Waals surface area contributed by atoms with Crippen LogP contribution in [0.3, 0.4) is 0 Å². The van der Waals surface area contributed by atoms with E-state index < -0.39 is 11.6 Å². The zero-order valence-electron chi connectivity index (χ0n) is 25.2. The van der Waals surface area contributed by atoms with Crippen LogP contribution in [0.15, 0.2) is 12.1 Å². The van der Waals surface area contributed by atoms with E-state index in [9.17, 15) is 8.78 Å². The zero-order valence-corrected chi connectivity index (χ0v) is 25.2. The van der Waals surface area contributed by atoms with Crippen molar-refractivity contribution in [2.75, 3.05) is 19.8 Å². The van der Waals surface area contributed by atoms with E-state index in [1.807, 2.05) is 0 Å². The van der Waals surface area contributed by atoms with Crippen LogP contribution in [0.1, 0.15) is 117 Å². The van der Waals surface area contributed by atoms with Crippen molar-refractivity contribution in [1.82, 2.24) is 0 Å². The fourth-order valence-electron chi connectivity index (χ4n) is 8.81. The summed E-state index contributed by atoms with van der Waals surface area (Å²) in [5, 5.41) is 0. The first kappa shape index (κ1) is 30.1. The molecule has 5 rings (SSSR count). The maximum absolute atomic E-state index is 14.4. The number of hydrogen-bond acceptors (Lipinski definition) is 3.